The van der Waals surface area contributed by atoms with E-state index in [0.29, 0.717) is 0 Å². The van der Waals surface area contributed by atoms with Gasteiger partial charge in [-0.15, -0.1) is 0 Å². The lowest BCUT2D eigenvalue weighted by Crippen LogP contribution is -2.24. The molecule has 0 spiro atoms. The molecule has 23 heavy (non-hydrogen) atoms. The third-order valence-corrected chi connectivity index (χ3v) is 5.17. The number of carbonyl (C=O) groups is 1. The average molecular weight is 349 g/mol. The molecule has 1 amide bonds. The van der Waals surface area contributed by atoms with Crippen LogP contribution in [0.15, 0.2) is 0 Å². The Labute approximate surface area is 140 Å². The zero-order chi connectivity index (χ0) is 17.7. The molecule has 0 bridgehead atoms. The van der Waals surface area contributed by atoms with E-state index in [1.54, 1.807) is 0 Å². The lowest BCUT2D eigenvalue weighted by atomic mass is 10.0. The van der Waals surface area contributed by atoms with Crippen molar-refractivity contribution in [2.24, 2.45) is 5.92 Å². The van der Waals surface area contributed by atoms with Gasteiger partial charge in [0.15, 0.2) is 0 Å². The first-order valence-electron chi connectivity index (χ1n) is 8.34. The fourth-order valence-electron chi connectivity index (χ4n) is 2.33. The van der Waals surface area contributed by atoms with Crippen LogP contribution in [0.1, 0.15) is 67.2 Å². The van der Waals surface area contributed by atoms with Gasteiger partial charge in [0.25, 0.3) is 0 Å². The van der Waals surface area contributed by atoms with Crippen molar-refractivity contribution in [2.75, 3.05) is 13.2 Å². The average Bonchev–Trinajstić information content (AvgIpc) is 2.69. The normalized spacial score (nSPS) is 19.9. The van der Waals surface area contributed by atoms with Gasteiger partial charge in [0.2, 0.25) is 5.91 Å². The number of unbranched alkanes of at least 4 members (excludes halogenated alkanes) is 1. The van der Waals surface area contributed by atoms with Gasteiger partial charge in [-0.1, -0.05) is 6.42 Å². The number of rotatable bonds is 8. The molecule has 1 fully saturated rings. The molecule has 1 atom stereocenters. The molecule has 1 rings (SSSR count). The summed E-state index contributed by atoms with van der Waals surface area (Å²) < 4.78 is 29.4. The molecule has 0 aromatic rings. The third-order valence-electron chi connectivity index (χ3n) is 3.13. The molecule has 0 aromatic heterocycles. The van der Waals surface area contributed by atoms with Crippen molar-refractivity contribution >= 4 is 13.7 Å². The highest BCUT2D eigenvalue weighted by atomic mass is 31.2. The quantitative estimate of drug-likeness (QED) is 0.529. The van der Waals surface area contributed by atoms with Crippen molar-refractivity contribution in [3.05, 3.63) is 0 Å². The predicted molar refractivity (Wildman–Crippen MR) is 90.2 cm³/mol. The summed E-state index contributed by atoms with van der Waals surface area (Å²) in [4.78, 5) is 11.5. The molecular weight excluding hydrogens is 317 g/mol. The van der Waals surface area contributed by atoms with Crippen LogP contribution in [-0.2, 0) is 22.9 Å². The maximum atomic E-state index is 12.8. The summed E-state index contributed by atoms with van der Waals surface area (Å²) in [7, 11) is -3.62. The van der Waals surface area contributed by atoms with Gasteiger partial charge in [-0.3, -0.25) is 18.4 Å². The predicted octanol–water partition coefficient (Wildman–Crippen LogP) is 4.05. The zero-order valence-corrected chi connectivity index (χ0v) is 16.2. The molecule has 7 heteroatoms. The monoisotopic (exact) mass is 349 g/mol. The van der Waals surface area contributed by atoms with Crippen LogP contribution in [0.4, 0.5) is 0 Å². The van der Waals surface area contributed by atoms with Crippen LogP contribution in [-0.4, -0.2) is 30.3 Å². The number of carbonyl (C=O) groups excluding carboxylic acids is 1. The molecule has 0 unspecified atom stereocenters. The Morgan fingerprint density at radius 1 is 1.09 bits per heavy atom. The molecule has 0 aromatic carbocycles. The molecule has 1 aliphatic heterocycles. The maximum Gasteiger partial charge on any atom is 0.475 e. The molecule has 0 radical (unpaired) electrons. The van der Waals surface area contributed by atoms with Crippen molar-refractivity contribution in [1.82, 2.24) is 5.32 Å². The van der Waals surface area contributed by atoms with Crippen molar-refractivity contribution in [1.29, 1.82) is 0 Å². The Balaban J connectivity index is 2.41. The van der Waals surface area contributed by atoms with Crippen molar-refractivity contribution in [2.45, 2.75) is 78.4 Å². The fourth-order valence-corrected chi connectivity index (χ4v) is 4.17. The minimum atomic E-state index is -3.62. The standard InChI is InChI=1S/C16H32NO5P/c1-15(2,3)21-23(19,22-16(4,5)6)20-12-8-7-9-13-10-11-17-14(13)18/h13H,7-12H2,1-6H3,(H,17,18)/t13-/m0/s1. The van der Waals surface area contributed by atoms with Crippen molar-refractivity contribution in [3.63, 3.8) is 0 Å². The van der Waals surface area contributed by atoms with E-state index >= 15 is 0 Å². The van der Waals surface area contributed by atoms with Crippen LogP contribution in [0.5, 0.6) is 0 Å². The Morgan fingerprint density at radius 2 is 1.65 bits per heavy atom. The summed E-state index contributed by atoms with van der Waals surface area (Å²) in [5.74, 6) is 0.252. The second kappa shape index (κ2) is 8.11. The van der Waals surface area contributed by atoms with E-state index in [1.807, 2.05) is 41.5 Å². The molecule has 1 aliphatic rings. The summed E-state index contributed by atoms with van der Waals surface area (Å²) in [6, 6.07) is 0. The second-order valence-electron chi connectivity index (χ2n) is 7.96. The van der Waals surface area contributed by atoms with E-state index in [1.165, 1.54) is 0 Å². The summed E-state index contributed by atoms with van der Waals surface area (Å²) in [5, 5.41) is 2.83. The second-order valence-corrected chi connectivity index (χ2v) is 9.48. The van der Waals surface area contributed by atoms with Gasteiger partial charge < -0.3 is 5.32 Å². The van der Waals surface area contributed by atoms with Gasteiger partial charge >= 0.3 is 7.82 Å². The largest absolute Gasteiger partial charge is 0.475 e. The summed E-state index contributed by atoms with van der Waals surface area (Å²) in [5.41, 5.74) is -1.24. The van der Waals surface area contributed by atoms with Crippen LogP contribution in [0.25, 0.3) is 0 Å². The van der Waals surface area contributed by atoms with E-state index in [4.69, 9.17) is 13.6 Å². The highest BCUT2D eigenvalue weighted by Gasteiger charge is 2.37. The number of phosphoric ester groups is 1. The fraction of sp³-hybridized carbons (Fsp3) is 0.938. The summed E-state index contributed by atoms with van der Waals surface area (Å²) in [6.07, 6.45) is 3.30. The molecule has 1 saturated heterocycles. The lowest BCUT2D eigenvalue weighted by Gasteiger charge is -2.30. The van der Waals surface area contributed by atoms with Crippen molar-refractivity contribution in [3.8, 4) is 0 Å². The molecular formula is C16H32NO5P. The van der Waals surface area contributed by atoms with Gasteiger partial charge in [-0.25, -0.2) is 4.57 Å². The van der Waals surface area contributed by atoms with Crippen LogP contribution < -0.4 is 5.32 Å². The highest BCUT2D eigenvalue weighted by molar-refractivity contribution is 7.48. The number of hydrogen-bond acceptors (Lipinski definition) is 5. The molecule has 1 heterocycles. The van der Waals surface area contributed by atoms with E-state index in [0.717, 1.165) is 32.2 Å². The van der Waals surface area contributed by atoms with Crippen molar-refractivity contribution < 1.29 is 22.9 Å². The summed E-state index contributed by atoms with van der Waals surface area (Å²) >= 11 is 0. The Morgan fingerprint density at radius 3 is 2.09 bits per heavy atom. The van der Waals surface area contributed by atoms with E-state index in [2.05, 4.69) is 5.32 Å². The van der Waals surface area contributed by atoms with Gasteiger partial charge in [0, 0.05) is 12.5 Å². The number of nitrogens with one attached hydrogen (secondary N) is 1. The van der Waals surface area contributed by atoms with Crippen LogP contribution in [0.2, 0.25) is 0 Å². The summed E-state index contributed by atoms with van der Waals surface area (Å²) in [6.45, 7) is 11.9. The van der Waals surface area contributed by atoms with Crippen LogP contribution in [0, 0.1) is 5.92 Å². The number of amides is 1. The Kier molecular flexibility index (Phi) is 7.27. The Hall–Kier alpha value is -0.420. The van der Waals surface area contributed by atoms with Gasteiger partial charge in [0.05, 0.1) is 17.8 Å². The minimum Gasteiger partial charge on any atom is -0.356 e. The van der Waals surface area contributed by atoms with Crippen LogP contribution in [0.3, 0.4) is 0 Å². The molecule has 0 aliphatic carbocycles. The molecule has 136 valence electrons. The first-order valence-corrected chi connectivity index (χ1v) is 9.80. The number of phosphoric acid groups is 1. The van der Waals surface area contributed by atoms with Crippen LogP contribution >= 0.6 is 7.82 Å². The Bertz CT molecular complexity index is 419. The molecule has 1 N–H and O–H groups in total. The van der Waals surface area contributed by atoms with E-state index in [9.17, 15) is 9.36 Å². The first-order chi connectivity index (χ1) is 10.4. The topological polar surface area (TPSA) is 73.9 Å². The SMILES string of the molecule is CC(C)(C)OP(=O)(OCCCC[C@H]1CCNC1=O)OC(C)(C)C. The van der Waals surface area contributed by atoms with E-state index in [-0.39, 0.29) is 18.4 Å². The highest BCUT2D eigenvalue weighted by Crippen LogP contribution is 2.55. The minimum absolute atomic E-state index is 0.110. The van der Waals surface area contributed by atoms with Gasteiger partial charge in [-0.05, 0) is 60.8 Å². The van der Waals surface area contributed by atoms with Gasteiger partial charge in [0.1, 0.15) is 0 Å². The van der Waals surface area contributed by atoms with E-state index < -0.39 is 19.0 Å². The maximum absolute atomic E-state index is 12.8. The third kappa shape index (κ3) is 8.85. The lowest BCUT2D eigenvalue weighted by molar-refractivity contribution is -0.122. The first kappa shape index (κ1) is 20.6. The molecule has 6 nitrogen and oxygen atoms in total. The number of hydrogen-bond donors (Lipinski definition) is 1. The molecule has 0 saturated carbocycles. The smallest absolute Gasteiger partial charge is 0.356 e. The zero-order valence-electron chi connectivity index (χ0n) is 15.3. The van der Waals surface area contributed by atoms with Gasteiger partial charge in [-0.2, -0.15) is 0 Å².